The zero-order valence-corrected chi connectivity index (χ0v) is 12.1. The van der Waals surface area contributed by atoms with Gasteiger partial charge in [-0.1, -0.05) is 0 Å². The summed E-state index contributed by atoms with van der Waals surface area (Å²) in [6.45, 7) is 5.28. The maximum atomic E-state index is 12.1. The van der Waals surface area contributed by atoms with Crippen molar-refractivity contribution in [3.05, 3.63) is 41.1 Å². The van der Waals surface area contributed by atoms with Crippen LogP contribution in [0.15, 0.2) is 22.7 Å². The minimum Gasteiger partial charge on any atom is -0.463 e. The lowest BCUT2D eigenvalue weighted by Crippen LogP contribution is -2.38. The lowest BCUT2D eigenvalue weighted by Gasteiger charge is -2.21. The van der Waals surface area contributed by atoms with E-state index in [1.807, 2.05) is 6.92 Å². The molecule has 0 aliphatic rings. The first-order valence-electron chi connectivity index (χ1n) is 6.37. The molecular formula is C14H19N3O3. The highest BCUT2D eigenvalue weighted by Gasteiger charge is 2.28. The average molecular weight is 277 g/mol. The quantitative estimate of drug-likeness (QED) is 0.882. The van der Waals surface area contributed by atoms with Crippen molar-refractivity contribution in [3.8, 4) is 0 Å². The van der Waals surface area contributed by atoms with Crippen molar-refractivity contribution in [1.29, 1.82) is 0 Å². The second-order valence-electron chi connectivity index (χ2n) is 5.13. The molecule has 1 atom stereocenters. The highest BCUT2D eigenvalue weighted by Crippen LogP contribution is 2.22. The van der Waals surface area contributed by atoms with Crippen LogP contribution in [0.4, 0.5) is 0 Å². The molecule has 0 saturated heterocycles. The molecule has 0 bridgehead atoms. The zero-order valence-electron chi connectivity index (χ0n) is 12.1. The number of hydrogen-bond acceptors (Lipinski definition) is 4. The smallest absolute Gasteiger partial charge is 0.254 e. The molecule has 6 nitrogen and oxygen atoms in total. The third-order valence-corrected chi connectivity index (χ3v) is 3.34. The molecular weight excluding hydrogens is 258 g/mol. The Morgan fingerprint density at radius 3 is 2.70 bits per heavy atom. The number of rotatable bonds is 4. The second kappa shape index (κ2) is 5.13. The number of furan rings is 1. The van der Waals surface area contributed by atoms with Crippen LogP contribution < -0.4 is 5.32 Å². The summed E-state index contributed by atoms with van der Waals surface area (Å²) in [6, 6.07) is 3.48. The number of aliphatic hydroxyl groups is 1. The molecule has 2 heterocycles. The van der Waals surface area contributed by atoms with Gasteiger partial charge >= 0.3 is 0 Å². The summed E-state index contributed by atoms with van der Waals surface area (Å²) < 4.78 is 7.02. The van der Waals surface area contributed by atoms with E-state index in [2.05, 4.69) is 10.4 Å². The fourth-order valence-corrected chi connectivity index (χ4v) is 1.88. The second-order valence-corrected chi connectivity index (χ2v) is 5.13. The minimum atomic E-state index is -1.25. The molecule has 0 radical (unpaired) electrons. The standard InChI is InChI=1S/C14H19N3O3/c1-9-5-6-12(20-9)14(3,19)8-15-13(18)11-7-16-17(4)10(11)2/h5-7,19H,8H2,1-4H3,(H,15,18). The Hall–Kier alpha value is -2.08. The SMILES string of the molecule is Cc1ccc(C(C)(O)CNC(=O)c2cnn(C)c2C)o1. The van der Waals surface area contributed by atoms with E-state index in [9.17, 15) is 9.90 Å². The molecule has 20 heavy (non-hydrogen) atoms. The van der Waals surface area contributed by atoms with Crippen LogP contribution in [0.5, 0.6) is 0 Å². The molecule has 0 spiro atoms. The third-order valence-electron chi connectivity index (χ3n) is 3.34. The van der Waals surface area contributed by atoms with Gasteiger partial charge in [-0.05, 0) is 32.9 Å². The lowest BCUT2D eigenvalue weighted by molar-refractivity contribution is 0.0323. The Labute approximate surface area is 117 Å². The Balaban J connectivity index is 2.05. The van der Waals surface area contributed by atoms with Crippen molar-refractivity contribution in [1.82, 2.24) is 15.1 Å². The molecule has 2 aromatic rings. The van der Waals surface area contributed by atoms with Gasteiger partial charge in [0.2, 0.25) is 0 Å². The van der Waals surface area contributed by atoms with Gasteiger partial charge in [0.25, 0.3) is 5.91 Å². The van der Waals surface area contributed by atoms with Crippen molar-refractivity contribution in [3.63, 3.8) is 0 Å². The van der Waals surface area contributed by atoms with E-state index in [-0.39, 0.29) is 12.5 Å². The van der Waals surface area contributed by atoms with Crippen molar-refractivity contribution >= 4 is 5.91 Å². The number of hydrogen-bond donors (Lipinski definition) is 2. The first kappa shape index (κ1) is 14.3. The van der Waals surface area contributed by atoms with E-state index in [0.717, 1.165) is 11.5 Å². The predicted molar refractivity (Wildman–Crippen MR) is 73.3 cm³/mol. The van der Waals surface area contributed by atoms with Gasteiger partial charge < -0.3 is 14.8 Å². The fourth-order valence-electron chi connectivity index (χ4n) is 1.88. The van der Waals surface area contributed by atoms with Gasteiger partial charge in [0, 0.05) is 12.7 Å². The van der Waals surface area contributed by atoms with Crippen LogP contribution in [0.25, 0.3) is 0 Å². The molecule has 0 saturated carbocycles. The van der Waals surface area contributed by atoms with Gasteiger partial charge in [-0.2, -0.15) is 5.10 Å². The van der Waals surface area contributed by atoms with E-state index < -0.39 is 5.60 Å². The molecule has 1 amide bonds. The fraction of sp³-hybridized carbons (Fsp3) is 0.429. The highest BCUT2D eigenvalue weighted by molar-refractivity contribution is 5.95. The maximum absolute atomic E-state index is 12.1. The van der Waals surface area contributed by atoms with Crippen molar-refractivity contribution in [2.45, 2.75) is 26.4 Å². The largest absolute Gasteiger partial charge is 0.463 e. The van der Waals surface area contributed by atoms with Gasteiger partial charge in [0.1, 0.15) is 17.1 Å². The van der Waals surface area contributed by atoms with E-state index >= 15 is 0 Å². The molecule has 0 fully saturated rings. The van der Waals surface area contributed by atoms with Crippen molar-refractivity contribution in [2.24, 2.45) is 7.05 Å². The Bertz CT molecular complexity index is 625. The first-order chi connectivity index (χ1) is 9.31. The number of nitrogens with zero attached hydrogens (tertiary/aromatic N) is 2. The molecule has 2 rings (SSSR count). The molecule has 0 aromatic carbocycles. The van der Waals surface area contributed by atoms with Gasteiger partial charge in [-0.25, -0.2) is 0 Å². The highest BCUT2D eigenvalue weighted by atomic mass is 16.4. The molecule has 6 heteroatoms. The molecule has 0 aliphatic heterocycles. The van der Waals surface area contributed by atoms with Crippen LogP contribution in [0.2, 0.25) is 0 Å². The monoisotopic (exact) mass is 277 g/mol. The number of nitrogens with one attached hydrogen (secondary N) is 1. The van der Waals surface area contributed by atoms with Gasteiger partial charge in [0.05, 0.1) is 18.3 Å². The first-order valence-corrected chi connectivity index (χ1v) is 6.37. The topological polar surface area (TPSA) is 80.3 Å². The average Bonchev–Trinajstić information content (AvgIpc) is 2.95. The summed E-state index contributed by atoms with van der Waals surface area (Å²) in [5.41, 5.74) is 0.0231. The van der Waals surface area contributed by atoms with E-state index in [4.69, 9.17) is 4.42 Å². The maximum Gasteiger partial charge on any atom is 0.254 e. The summed E-state index contributed by atoms with van der Waals surface area (Å²) in [7, 11) is 1.77. The summed E-state index contributed by atoms with van der Waals surface area (Å²) in [5.74, 6) is 0.882. The number of amides is 1. The lowest BCUT2D eigenvalue weighted by atomic mass is 10.0. The van der Waals surface area contributed by atoms with Gasteiger partial charge in [-0.3, -0.25) is 9.48 Å². The summed E-state index contributed by atoms with van der Waals surface area (Å²) in [4.78, 5) is 12.1. The van der Waals surface area contributed by atoms with Crippen LogP contribution >= 0.6 is 0 Å². The molecule has 2 N–H and O–H groups in total. The predicted octanol–water partition coefficient (Wildman–Crippen LogP) is 1.27. The third kappa shape index (κ3) is 2.75. The Morgan fingerprint density at radius 2 is 2.20 bits per heavy atom. The van der Waals surface area contributed by atoms with Crippen LogP contribution in [0, 0.1) is 13.8 Å². The molecule has 1 unspecified atom stereocenters. The Morgan fingerprint density at radius 1 is 1.50 bits per heavy atom. The van der Waals surface area contributed by atoms with Crippen LogP contribution in [-0.4, -0.2) is 27.3 Å². The zero-order chi connectivity index (χ0) is 14.9. The van der Waals surface area contributed by atoms with E-state index in [0.29, 0.717) is 11.3 Å². The van der Waals surface area contributed by atoms with Crippen LogP contribution in [-0.2, 0) is 12.6 Å². The molecule has 108 valence electrons. The number of aryl methyl sites for hydroxylation is 2. The minimum absolute atomic E-state index is 0.0626. The summed E-state index contributed by atoms with van der Waals surface area (Å²) in [6.07, 6.45) is 1.51. The number of carbonyl (C=O) groups is 1. The molecule has 2 aromatic heterocycles. The Kier molecular flexibility index (Phi) is 3.67. The number of aromatic nitrogens is 2. The van der Waals surface area contributed by atoms with Crippen LogP contribution in [0.3, 0.4) is 0 Å². The van der Waals surface area contributed by atoms with E-state index in [1.165, 1.54) is 6.20 Å². The van der Waals surface area contributed by atoms with Crippen molar-refractivity contribution in [2.75, 3.05) is 6.54 Å². The normalized spacial score (nSPS) is 14.1. The number of carbonyl (C=O) groups excluding carboxylic acids is 1. The van der Waals surface area contributed by atoms with Crippen LogP contribution in [0.1, 0.15) is 34.5 Å². The van der Waals surface area contributed by atoms with Gasteiger partial charge in [-0.15, -0.1) is 0 Å². The molecule has 0 aliphatic carbocycles. The van der Waals surface area contributed by atoms with Crippen molar-refractivity contribution < 1.29 is 14.3 Å². The van der Waals surface area contributed by atoms with Gasteiger partial charge in [0.15, 0.2) is 0 Å². The summed E-state index contributed by atoms with van der Waals surface area (Å²) in [5, 5.41) is 17.1. The summed E-state index contributed by atoms with van der Waals surface area (Å²) >= 11 is 0. The van der Waals surface area contributed by atoms with E-state index in [1.54, 1.807) is 37.7 Å².